The van der Waals surface area contributed by atoms with E-state index in [1.807, 2.05) is 19.1 Å². The highest BCUT2D eigenvalue weighted by Gasteiger charge is 2.37. The Morgan fingerprint density at radius 1 is 1.00 bits per heavy atom. The zero-order chi connectivity index (χ0) is 19.0. The van der Waals surface area contributed by atoms with Crippen molar-refractivity contribution in [1.82, 2.24) is 0 Å². The molecule has 134 valence electrons. The number of rotatable bonds is 4. The van der Waals surface area contributed by atoms with Crippen LogP contribution in [0.25, 0.3) is 0 Å². The van der Waals surface area contributed by atoms with Crippen LogP contribution in [0.1, 0.15) is 42.4 Å². The Morgan fingerprint density at radius 3 is 2.44 bits per heavy atom. The van der Waals surface area contributed by atoms with Gasteiger partial charge in [0.1, 0.15) is 12.4 Å². The first kappa shape index (κ1) is 16.8. The largest absolute Gasteiger partial charge is 0.466 e. The molecule has 0 unspecified atom stereocenters. The van der Waals surface area contributed by atoms with Gasteiger partial charge in [0.2, 0.25) is 0 Å². The minimum atomic E-state index is -0.594. The fourth-order valence-corrected chi connectivity index (χ4v) is 2.91. The molecule has 2 heterocycles. The van der Waals surface area contributed by atoms with Crippen LogP contribution in [0.3, 0.4) is 0 Å². The molecular weight excluding hydrogens is 346 g/mol. The maximum Gasteiger partial charge on any atom is 0.338 e. The number of ether oxygens (including phenoxy) is 1. The van der Waals surface area contributed by atoms with Gasteiger partial charge < -0.3 is 9.15 Å². The number of hydrogen-bond acceptors (Lipinski definition) is 5. The summed E-state index contributed by atoms with van der Waals surface area (Å²) in [6.45, 7) is 1.91. The van der Waals surface area contributed by atoms with Gasteiger partial charge in [0, 0.05) is 0 Å². The summed E-state index contributed by atoms with van der Waals surface area (Å²) < 4.78 is 10.3. The predicted octanol–water partition coefficient (Wildman–Crippen LogP) is 3.75. The lowest BCUT2D eigenvalue weighted by Crippen LogP contribution is -2.29. The zero-order valence-corrected chi connectivity index (χ0v) is 14.5. The number of hydrogen-bond donors (Lipinski definition) is 0. The summed E-state index contributed by atoms with van der Waals surface area (Å²) in [6.07, 6.45) is 1.49. The molecule has 1 aliphatic heterocycles. The Morgan fingerprint density at radius 2 is 1.74 bits per heavy atom. The fraction of sp³-hybridized carbons (Fsp3) is 0.0952. The van der Waals surface area contributed by atoms with Crippen molar-refractivity contribution in [2.45, 2.75) is 13.5 Å². The first-order valence-electron chi connectivity index (χ1n) is 8.33. The van der Waals surface area contributed by atoms with Crippen LogP contribution in [0.15, 0.2) is 65.3 Å². The van der Waals surface area contributed by atoms with E-state index in [4.69, 9.17) is 9.15 Å². The lowest BCUT2D eigenvalue weighted by atomic mass is 10.1. The summed E-state index contributed by atoms with van der Waals surface area (Å²) in [5.74, 6) is -0.946. The topological polar surface area (TPSA) is 76.8 Å². The summed E-state index contributed by atoms with van der Waals surface area (Å²) in [5.41, 5.74) is 2.18. The molecule has 27 heavy (non-hydrogen) atoms. The number of imide groups is 1. The Kier molecular flexibility index (Phi) is 4.08. The van der Waals surface area contributed by atoms with Crippen LogP contribution in [-0.2, 0) is 11.3 Å². The second-order valence-electron chi connectivity index (χ2n) is 6.20. The zero-order valence-electron chi connectivity index (χ0n) is 14.5. The van der Waals surface area contributed by atoms with Crippen molar-refractivity contribution in [2.24, 2.45) is 0 Å². The first-order chi connectivity index (χ1) is 13.0. The number of aryl methyl sites for hydroxylation is 1. The van der Waals surface area contributed by atoms with Crippen LogP contribution in [0.2, 0.25) is 0 Å². The highest BCUT2D eigenvalue weighted by Crippen LogP contribution is 2.29. The molecule has 0 aliphatic carbocycles. The van der Waals surface area contributed by atoms with Gasteiger partial charge in [-0.1, -0.05) is 17.7 Å². The maximum atomic E-state index is 12.7. The minimum absolute atomic E-state index is 0.00864. The smallest absolute Gasteiger partial charge is 0.338 e. The van der Waals surface area contributed by atoms with E-state index in [9.17, 15) is 14.4 Å². The third kappa shape index (κ3) is 3.01. The van der Waals surface area contributed by atoms with E-state index in [1.165, 1.54) is 24.5 Å². The third-order valence-electron chi connectivity index (χ3n) is 4.34. The van der Waals surface area contributed by atoms with Crippen molar-refractivity contribution >= 4 is 23.5 Å². The van der Waals surface area contributed by atoms with E-state index < -0.39 is 17.8 Å². The molecule has 0 fully saturated rings. The second-order valence-corrected chi connectivity index (χ2v) is 6.20. The SMILES string of the molecule is Cc1ccc(N2C(=O)c3ccc(C(=O)OCc4ccco4)cc3C2=O)cc1. The van der Waals surface area contributed by atoms with Crippen molar-refractivity contribution in [1.29, 1.82) is 0 Å². The Balaban J connectivity index is 1.58. The molecule has 2 amide bonds. The number of esters is 1. The average molecular weight is 361 g/mol. The molecule has 3 aromatic rings. The molecule has 6 nitrogen and oxygen atoms in total. The van der Waals surface area contributed by atoms with Crippen molar-refractivity contribution in [2.75, 3.05) is 4.90 Å². The number of carbonyl (C=O) groups excluding carboxylic acids is 3. The van der Waals surface area contributed by atoms with Crippen molar-refractivity contribution in [3.05, 3.63) is 88.9 Å². The first-order valence-corrected chi connectivity index (χ1v) is 8.33. The summed E-state index contributed by atoms with van der Waals surface area (Å²) in [7, 11) is 0. The number of nitrogens with zero attached hydrogens (tertiary/aromatic N) is 1. The Labute approximate surface area is 155 Å². The van der Waals surface area contributed by atoms with Crippen molar-refractivity contribution in [3.63, 3.8) is 0 Å². The highest BCUT2D eigenvalue weighted by molar-refractivity contribution is 6.34. The van der Waals surface area contributed by atoms with E-state index in [-0.39, 0.29) is 23.3 Å². The van der Waals surface area contributed by atoms with Gasteiger partial charge in [0.25, 0.3) is 11.8 Å². The van der Waals surface area contributed by atoms with E-state index in [2.05, 4.69) is 0 Å². The average Bonchev–Trinajstić information content (AvgIpc) is 3.28. The highest BCUT2D eigenvalue weighted by atomic mass is 16.5. The van der Waals surface area contributed by atoms with E-state index in [0.717, 1.165) is 10.5 Å². The summed E-state index contributed by atoms with van der Waals surface area (Å²) in [6, 6.07) is 14.8. The van der Waals surface area contributed by atoms with E-state index in [0.29, 0.717) is 11.4 Å². The summed E-state index contributed by atoms with van der Waals surface area (Å²) >= 11 is 0. The van der Waals surface area contributed by atoms with Gasteiger partial charge in [-0.2, -0.15) is 0 Å². The molecule has 0 radical (unpaired) electrons. The molecule has 4 rings (SSSR count). The fourth-order valence-electron chi connectivity index (χ4n) is 2.91. The number of anilines is 1. The van der Waals surface area contributed by atoms with Gasteiger partial charge in [-0.15, -0.1) is 0 Å². The molecule has 0 atom stereocenters. The standard InChI is InChI=1S/C21H15NO5/c1-13-4-7-15(8-5-13)22-19(23)17-9-6-14(11-18(17)20(22)24)21(25)27-12-16-3-2-10-26-16/h2-11H,12H2,1H3. The molecule has 0 bridgehead atoms. The molecule has 2 aromatic carbocycles. The molecule has 1 aromatic heterocycles. The molecular formula is C21H15NO5. The quantitative estimate of drug-likeness (QED) is 0.522. The molecule has 0 N–H and O–H groups in total. The van der Waals surface area contributed by atoms with Crippen LogP contribution < -0.4 is 4.90 Å². The van der Waals surface area contributed by atoms with Crippen LogP contribution in [-0.4, -0.2) is 17.8 Å². The normalized spacial score (nSPS) is 13.0. The molecule has 0 saturated heterocycles. The monoisotopic (exact) mass is 361 g/mol. The summed E-state index contributed by atoms with van der Waals surface area (Å²) in [5, 5.41) is 0. The van der Waals surface area contributed by atoms with Gasteiger partial charge in [-0.3, -0.25) is 9.59 Å². The molecule has 0 spiro atoms. The molecule has 1 aliphatic rings. The maximum absolute atomic E-state index is 12.7. The molecule has 0 saturated carbocycles. The number of fused-ring (bicyclic) bond motifs is 1. The summed E-state index contributed by atoms with van der Waals surface area (Å²) in [4.78, 5) is 38.7. The number of benzene rings is 2. The number of amides is 2. The van der Waals surface area contributed by atoms with E-state index >= 15 is 0 Å². The number of furan rings is 1. The Bertz CT molecular complexity index is 1030. The predicted molar refractivity (Wildman–Crippen MR) is 96.6 cm³/mol. The van der Waals surface area contributed by atoms with E-state index in [1.54, 1.807) is 24.3 Å². The van der Waals surface area contributed by atoms with Crippen LogP contribution >= 0.6 is 0 Å². The van der Waals surface area contributed by atoms with Crippen molar-refractivity contribution < 1.29 is 23.5 Å². The van der Waals surface area contributed by atoms with Gasteiger partial charge in [0.15, 0.2) is 0 Å². The lowest BCUT2D eigenvalue weighted by Gasteiger charge is -2.13. The van der Waals surface area contributed by atoms with Gasteiger partial charge >= 0.3 is 5.97 Å². The van der Waals surface area contributed by atoms with Crippen LogP contribution in [0.5, 0.6) is 0 Å². The van der Waals surface area contributed by atoms with Crippen molar-refractivity contribution in [3.8, 4) is 0 Å². The van der Waals surface area contributed by atoms with Gasteiger partial charge in [0.05, 0.1) is 28.6 Å². The third-order valence-corrected chi connectivity index (χ3v) is 4.34. The van der Waals surface area contributed by atoms with Gasteiger partial charge in [-0.25, -0.2) is 9.69 Å². The minimum Gasteiger partial charge on any atom is -0.466 e. The number of carbonyl (C=O) groups is 3. The Hall–Kier alpha value is -3.67. The lowest BCUT2D eigenvalue weighted by molar-refractivity contribution is 0.0445. The molecule has 6 heteroatoms. The second kappa shape index (κ2) is 6.57. The van der Waals surface area contributed by atoms with Gasteiger partial charge in [-0.05, 0) is 49.4 Å². The van der Waals surface area contributed by atoms with Crippen LogP contribution in [0.4, 0.5) is 5.69 Å². The van der Waals surface area contributed by atoms with Crippen LogP contribution in [0, 0.1) is 6.92 Å².